The van der Waals surface area contributed by atoms with Gasteiger partial charge in [-0.05, 0) is 24.3 Å². The Hall–Kier alpha value is -2.02. The molecule has 0 bridgehead atoms. The van der Waals surface area contributed by atoms with Crippen molar-refractivity contribution in [3.05, 3.63) is 84.6 Å². The lowest BCUT2D eigenvalue weighted by Crippen LogP contribution is -2.24. The van der Waals surface area contributed by atoms with Gasteiger partial charge in [-0.25, -0.2) is 0 Å². The average molecular weight is 251 g/mol. The molecule has 0 saturated carbocycles. The van der Waals surface area contributed by atoms with Gasteiger partial charge in [0.2, 0.25) is 0 Å². The van der Waals surface area contributed by atoms with Gasteiger partial charge in [-0.1, -0.05) is 73.3 Å². The molecule has 1 atom stereocenters. The van der Waals surface area contributed by atoms with Crippen LogP contribution in [0.1, 0.15) is 24.3 Å². The van der Waals surface area contributed by atoms with Crippen LogP contribution in [-0.4, -0.2) is 6.54 Å². The Balaban J connectivity index is 0.000000186. The van der Waals surface area contributed by atoms with Gasteiger partial charge in [-0.2, -0.15) is 0 Å². The predicted octanol–water partition coefficient (Wildman–Crippen LogP) is 4.35. The van der Waals surface area contributed by atoms with Crippen LogP contribution in [-0.2, 0) is 0 Å². The van der Waals surface area contributed by atoms with Crippen LogP contribution in [0.15, 0.2) is 79.0 Å². The van der Waals surface area contributed by atoms with Crippen LogP contribution in [0.3, 0.4) is 0 Å². The zero-order chi connectivity index (χ0) is 13.3. The van der Waals surface area contributed by atoms with Crippen molar-refractivity contribution in [1.82, 2.24) is 5.32 Å². The quantitative estimate of drug-likeness (QED) is 0.794. The third-order valence-corrected chi connectivity index (χ3v) is 3.30. The third kappa shape index (κ3) is 4.63. The van der Waals surface area contributed by atoms with E-state index in [1.54, 1.807) is 0 Å². The molecule has 1 nitrogen and oxygen atoms in total. The van der Waals surface area contributed by atoms with E-state index < -0.39 is 0 Å². The molecule has 2 aromatic carbocycles. The summed E-state index contributed by atoms with van der Waals surface area (Å²) in [5.41, 5.74) is 2.63. The molecule has 1 heteroatoms. The second-order valence-corrected chi connectivity index (χ2v) is 4.79. The van der Waals surface area contributed by atoms with E-state index in [2.05, 4.69) is 42.2 Å². The van der Waals surface area contributed by atoms with Crippen molar-refractivity contribution in [2.45, 2.75) is 18.8 Å². The Morgan fingerprint density at radius 2 is 1.37 bits per heavy atom. The lowest BCUT2D eigenvalue weighted by atomic mass is 9.89. The topological polar surface area (TPSA) is 12.0 Å². The number of rotatable bonds is 1. The Morgan fingerprint density at radius 3 is 1.89 bits per heavy atom. The van der Waals surface area contributed by atoms with Crippen LogP contribution in [0, 0.1) is 0 Å². The fraction of sp³-hybridized carbons (Fsp3) is 0.222. The first kappa shape index (κ1) is 13.4. The van der Waals surface area contributed by atoms with E-state index in [1.165, 1.54) is 17.7 Å². The Bertz CT molecular complexity index is 449. The molecule has 0 spiro atoms. The molecule has 1 aliphatic heterocycles. The molecule has 3 rings (SSSR count). The number of piperidine rings is 1. The summed E-state index contributed by atoms with van der Waals surface area (Å²) in [6.07, 6.45) is 2.31. The van der Waals surface area contributed by atoms with E-state index in [4.69, 9.17) is 0 Å². The Labute approximate surface area is 116 Å². The summed E-state index contributed by atoms with van der Waals surface area (Å²) >= 11 is 0. The van der Waals surface area contributed by atoms with Gasteiger partial charge in [0.05, 0.1) is 0 Å². The first-order valence-electron chi connectivity index (χ1n) is 6.83. The van der Waals surface area contributed by atoms with Crippen molar-refractivity contribution >= 4 is 0 Å². The molecule has 2 aromatic rings. The molecule has 1 unspecified atom stereocenters. The van der Waals surface area contributed by atoms with Crippen molar-refractivity contribution in [3.63, 3.8) is 0 Å². The minimum Gasteiger partial charge on any atom is -0.389 e. The second-order valence-electron chi connectivity index (χ2n) is 4.79. The van der Waals surface area contributed by atoms with E-state index in [1.807, 2.05) is 36.4 Å². The molecule has 1 fully saturated rings. The summed E-state index contributed by atoms with van der Waals surface area (Å²) in [4.78, 5) is 0. The minimum absolute atomic E-state index is 0.676. The molecule has 0 amide bonds. The zero-order valence-corrected chi connectivity index (χ0v) is 11.3. The van der Waals surface area contributed by atoms with Gasteiger partial charge in [0, 0.05) is 12.2 Å². The summed E-state index contributed by atoms with van der Waals surface area (Å²) in [5, 5.41) is 3.29. The van der Waals surface area contributed by atoms with Crippen LogP contribution >= 0.6 is 0 Å². The highest BCUT2D eigenvalue weighted by molar-refractivity contribution is 5.22. The van der Waals surface area contributed by atoms with Gasteiger partial charge in [0.25, 0.3) is 0 Å². The van der Waals surface area contributed by atoms with Crippen molar-refractivity contribution < 1.29 is 0 Å². The van der Waals surface area contributed by atoms with Crippen LogP contribution in [0.25, 0.3) is 0 Å². The molecule has 1 heterocycles. The van der Waals surface area contributed by atoms with E-state index in [0.29, 0.717) is 5.92 Å². The summed E-state index contributed by atoms with van der Waals surface area (Å²) in [6, 6.07) is 22.7. The van der Waals surface area contributed by atoms with Crippen molar-refractivity contribution in [3.8, 4) is 0 Å². The monoisotopic (exact) mass is 251 g/mol. The molecule has 0 radical (unpaired) electrons. The maximum atomic E-state index is 3.98. The Morgan fingerprint density at radius 1 is 0.842 bits per heavy atom. The molecular formula is C18H21N. The highest BCUT2D eigenvalue weighted by Crippen LogP contribution is 2.27. The summed E-state index contributed by atoms with van der Waals surface area (Å²) < 4.78 is 0. The number of hydrogen-bond donors (Lipinski definition) is 1. The first-order valence-corrected chi connectivity index (χ1v) is 6.83. The predicted molar refractivity (Wildman–Crippen MR) is 82.0 cm³/mol. The summed E-state index contributed by atoms with van der Waals surface area (Å²) in [6.45, 7) is 5.05. The largest absolute Gasteiger partial charge is 0.389 e. The van der Waals surface area contributed by atoms with Crippen LogP contribution < -0.4 is 5.32 Å². The minimum atomic E-state index is 0.676. The number of benzene rings is 2. The van der Waals surface area contributed by atoms with E-state index in [-0.39, 0.29) is 0 Å². The zero-order valence-electron chi connectivity index (χ0n) is 11.3. The molecule has 1 aliphatic rings. The van der Waals surface area contributed by atoms with E-state index >= 15 is 0 Å². The molecule has 1 saturated heterocycles. The highest BCUT2D eigenvalue weighted by Gasteiger charge is 2.16. The lowest BCUT2D eigenvalue weighted by molar-refractivity contribution is 0.518. The SMILES string of the molecule is C=C1CC(c2ccccc2)CCN1.c1ccccc1. The Kier molecular flexibility index (Phi) is 5.24. The van der Waals surface area contributed by atoms with Crippen molar-refractivity contribution in [2.24, 2.45) is 0 Å². The molecular weight excluding hydrogens is 230 g/mol. The molecule has 19 heavy (non-hydrogen) atoms. The maximum Gasteiger partial charge on any atom is 0.0149 e. The van der Waals surface area contributed by atoms with Gasteiger partial charge in [-0.3, -0.25) is 0 Å². The van der Waals surface area contributed by atoms with Crippen LogP contribution in [0.4, 0.5) is 0 Å². The third-order valence-electron chi connectivity index (χ3n) is 3.30. The molecule has 0 aromatic heterocycles. The smallest absolute Gasteiger partial charge is 0.0149 e. The molecule has 98 valence electrons. The summed E-state index contributed by atoms with van der Waals surface area (Å²) in [7, 11) is 0. The summed E-state index contributed by atoms with van der Waals surface area (Å²) in [5.74, 6) is 0.676. The number of hydrogen-bond acceptors (Lipinski definition) is 1. The second kappa shape index (κ2) is 7.42. The lowest BCUT2D eigenvalue weighted by Gasteiger charge is -2.25. The van der Waals surface area contributed by atoms with Crippen molar-refractivity contribution in [2.75, 3.05) is 6.54 Å². The fourth-order valence-corrected chi connectivity index (χ4v) is 2.29. The van der Waals surface area contributed by atoms with Crippen LogP contribution in [0.2, 0.25) is 0 Å². The molecule has 0 aliphatic carbocycles. The number of allylic oxidation sites excluding steroid dienone is 1. The van der Waals surface area contributed by atoms with Gasteiger partial charge < -0.3 is 5.32 Å². The highest BCUT2D eigenvalue weighted by atomic mass is 14.9. The van der Waals surface area contributed by atoms with Crippen molar-refractivity contribution in [1.29, 1.82) is 0 Å². The van der Waals surface area contributed by atoms with Gasteiger partial charge in [0.1, 0.15) is 0 Å². The van der Waals surface area contributed by atoms with Crippen LogP contribution in [0.5, 0.6) is 0 Å². The fourth-order valence-electron chi connectivity index (χ4n) is 2.29. The molecule has 1 N–H and O–H groups in total. The normalized spacial score (nSPS) is 17.9. The van der Waals surface area contributed by atoms with Gasteiger partial charge in [0.15, 0.2) is 0 Å². The maximum absolute atomic E-state index is 3.98. The standard InChI is InChI=1S/C12H15N.C6H6/c1-10-9-12(7-8-13-10)11-5-3-2-4-6-11;1-2-4-6-5-3-1/h2-6,12-13H,1,7-9H2;1-6H. The number of nitrogens with one attached hydrogen (secondary N) is 1. The average Bonchev–Trinajstić information content (AvgIpc) is 2.51. The van der Waals surface area contributed by atoms with Gasteiger partial charge in [-0.15, -0.1) is 0 Å². The van der Waals surface area contributed by atoms with E-state index in [9.17, 15) is 0 Å². The van der Waals surface area contributed by atoms with Gasteiger partial charge >= 0.3 is 0 Å². The van der Waals surface area contributed by atoms with E-state index in [0.717, 1.165) is 13.0 Å². The first-order chi connectivity index (χ1) is 9.36.